The third-order valence-corrected chi connectivity index (χ3v) is 11.6. The van der Waals surface area contributed by atoms with E-state index in [1.807, 2.05) is 35.5 Å². The van der Waals surface area contributed by atoms with E-state index in [2.05, 4.69) is 77.5 Å². The van der Waals surface area contributed by atoms with E-state index in [0.717, 1.165) is 11.0 Å². The molecule has 1 aromatic carbocycles. The van der Waals surface area contributed by atoms with E-state index >= 15 is 0 Å². The lowest BCUT2D eigenvalue weighted by Crippen LogP contribution is -2.64. The molecule has 0 N–H and O–H groups in total. The molecular weight excluding hydrogens is 362 g/mol. The van der Waals surface area contributed by atoms with Gasteiger partial charge in [-0.15, -0.1) is 0 Å². The van der Waals surface area contributed by atoms with Crippen molar-refractivity contribution < 1.29 is 4.79 Å². The molecule has 0 saturated carbocycles. The summed E-state index contributed by atoms with van der Waals surface area (Å²) in [4.78, 5) is 24.3. The van der Waals surface area contributed by atoms with Gasteiger partial charge in [0.25, 0.3) is 5.91 Å². The van der Waals surface area contributed by atoms with Crippen LogP contribution in [0.25, 0.3) is 0 Å². The van der Waals surface area contributed by atoms with Gasteiger partial charge >= 0.3 is 0 Å². The summed E-state index contributed by atoms with van der Waals surface area (Å²) in [7, 11) is -2.18. The molecule has 5 heteroatoms. The molecule has 2 aromatic rings. The van der Waals surface area contributed by atoms with E-state index in [0.29, 0.717) is 11.1 Å². The van der Waals surface area contributed by atoms with Crippen LogP contribution in [0.15, 0.2) is 42.7 Å². The first kappa shape index (κ1) is 22.3. The normalized spacial score (nSPS) is 12.3. The fourth-order valence-corrected chi connectivity index (χ4v) is 9.85. The van der Waals surface area contributed by atoms with E-state index in [1.165, 1.54) is 5.19 Å². The Balaban J connectivity index is 2.52. The van der Waals surface area contributed by atoms with Gasteiger partial charge in [-0.05, 0) is 62.2 Å². The summed E-state index contributed by atoms with van der Waals surface area (Å²) in [6.07, 6.45) is 3.69. The van der Waals surface area contributed by atoms with E-state index in [-0.39, 0.29) is 18.0 Å². The van der Waals surface area contributed by atoms with E-state index < -0.39 is 8.07 Å². The van der Waals surface area contributed by atoms with Crippen molar-refractivity contribution >= 4 is 24.6 Å². The fourth-order valence-electron chi connectivity index (χ4n) is 4.59. The summed E-state index contributed by atoms with van der Waals surface area (Å²) in [5, 5.41) is 1.29. The lowest BCUT2D eigenvalue weighted by Gasteiger charge is -2.38. The highest BCUT2D eigenvalue weighted by Gasteiger charge is 2.46. The molecule has 0 spiro atoms. The minimum atomic E-state index is -2.18. The second-order valence-corrected chi connectivity index (χ2v) is 13.8. The molecule has 0 fully saturated rings. The zero-order valence-electron chi connectivity index (χ0n) is 18.6. The molecule has 0 atom stereocenters. The molecule has 1 aromatic heterocycles. The quantitative estimate of drug-likeness (QED) is 0.660. The van der Waals surface area contributed by atoms with Gasteiger partial charge in [-0.3, -0.25) is 4.79 Å². The lowest BCUT2D eigenvalue weighted by atomic mass is 10.1. The van der Waals surface area contributed by atoms with Crippen LogP contribution in [0.4, 0.5) is 0 Å². The Bertz CT molecular complexity index is 754. The second kappa shape index (κ2) is 8.99. The summed E-state index contributed by atoms with van der Waals surface area (Å²) >= 11 is 0. The molecule has 0 aliphatic carbocycles. The first-order chi connectivity index (χ1) is 13.1. The van der Waals surface area contributed by atoms with Gasteiger partial charge in [-0.1, -0.05) is 39.8 Å². The number of carbonyl (C=O) groups excluding carboxylic acids is 1. The maximum Gasteiger partial charge on any atom is 0.254 e. The van der Waals surface area contributed by atoms with Crippen LogP contribution in [0.1, 0.15) is 65.7 Å². The Kier molecular flexibility index (Phi) is 7.15. The maximum absolute atomic E-state index is 13.0. The van der Waals surface area contributed by atoms with Crippen molar-refractivity contribution in [2.45, 2.75) is 78.6 Å². The Morgan fingerprint density at radius 2 is 1.29 bits per heavy atom. The Morgan fingerprint density at radius 3 is 1.68 bits per heavy atom. The van der Waals surface area contributed by atoms with Gasteiger partial charge in [-0.25, -0.2) is 9.97 Å². The number of nitrogens with zero attached hydrogens (tertiary/aromatic N) is 3. The van der Waals surface area contributed by atoms with E-state index in [1.54, 1.807) is 0 Å². The smallest absolute Gasteiger partial charge is 0.254 e. The largest absolute Gasteiger partial charge is 0.334 e. The van der Waals surface area contributed by atoms with Crippen molar-refractivity contribution in [1.29, 1.82) is 0 Å². The van der Waals surface area contributed by atoms with Gasteiger partial charge in [0.2, 0.25) is 0 Å². The first-order valence-electron chi connectivity index (χ1n) is 10.3. The third-order valence-electron chi connectivity index (χ3n) is 5.71. The molecule has 0 saturated heterocycles. The second-order valence-electron chi connectivity index (χ2n) is 8.73. The van der Waals surface area contributed by atoms with Crippen LogP contribution in [0.2, 0.25) is 11.1 Å². The standard InChI is InChI=1S/C23H35N3OSi/c1-16(2)26(17(3)4)22(27)20-10-12-21(13-11-20)28(18(5)6,19(7)8)23-24-14-9-15-25-23/h9-19H,1-8H3. The maximum atomic E-state index is 13.0. The number of benzene rings is 1. The lowest BCUT2D eigenvalue weighted by molar-refractivity contribution is 0.0644. The van der Waals surface area contributed by atoms with Crippen LogP contribution in [-0.2, 0) is 0 Å². The number of amides is 1. The Labute approximate surface area is 171 Å². The zero-order valence-corrected chi connectivity index (χ0v) is 19.6. The molecule has 0 radical (unpaired) electrons. The highest BCUT2D eigenvalue weighted by molar-refractivity contribution is 7.03. The topological polar surface area (TPSA) is 46.1 Å². The molecule has 152 valence electrons. The fraction of sp³-hybridized carbons (Fsp3) is 0.522. The number of rotatable bonds is 7. The van der Waals surface area contributed by atoms with Gasteiger partial charge < -0.3 is 4.90 Å². The Morgan fingerprint density at radius 1 is 0.821 bits per heavy atom. The minimum Gasteiger partial charge on any atom is -0.334 e. The van der Waals surface area contributed by atoms with E-state index in [9.17, 15) is 4.79 Å². The van der Waals surface area contributed by atoms with Crippen LogP contribution in [0, 0.1) is 0 Å². The number of carbonyl (C=O) groups is 1. The Hall–Kier alpha value is -2.01. The minimum absolute atomic E-state index is 0.0915. The summed E-state index contributed by atoms with van der Waals surface area (Å²) in [6, 6.07) is 10.5. The van der Waals surface area contributed by atoms with Crippen molar-refractivity contribution in [3.05, 3.63) is 48.3 Å². The van der Waals surface area contributed by atoms with Crippen molar-refractivity contribution in [2.24, 2.45) is 0 Å². The van der Waals surface area contributed by atoms with Crippen molar-refractivity contribution in [3.8, 4) is 0 Å². The third kappa shape index (κ3) is 4.04. The van der Waals surface area contributed by atoms with E-state index in [4.69, 9.17) is 0 Å². The molecule has 1 amide bonds. The SMILES string of the molecule is CC(C)N(C(=O)c1ccc([Si](c2ncccn2)(C(C)C)C(C)C)cc1)C(C)C. The van der Waals surface area contributed by atoms with Gasteiger partial charge in [0.1, 0.15) is 5.45 Å². The van der Waals surface area contributed by atoms with Gasteiger partial charge in [0.05, 0.1) is 0 Å². The van der Waals surface area contributed by atoms with Crippen molar-refractivity contribution in [2.75, 3.05) is 0 Å². The molecule has 0 aliphatic heterocycles. The van der Waals surface area contributed by atoms with Gasteiger partial charge in [-0.2, -0.15) is 0 Å². The summed E-state index contributed by atoms with van der Waals surface area (Å²) in [5.74, 6) is 0.0915. The van der Waals surface area contributed by atoms with Crippen molar-refractivity contribution in [1.82, 2.24) is 14.9 Å². The predicted octanol–water partition coefficient (Wildman–Crippen LogP) is 4.12. The van der Waals surface area contributed by atoms with Crippen LogP contribution < -0.4 is 10.6 Å². The number of aromatic nitrogens is 2. The van der Waals surface area contributed by atoms with Crippen molar-refractivity contribution in [3.63, 3.8) is 0 Å². The molecule has 0 unspecified atom stereocenters. The monoisotopic (exact) mass is 397 g/mol. The number of hydrogen-bond acceptors (Lipinski definition) is 3. The molecule has 4 nitrogen and oxygen atoms in total. The molecule has 0 bridgehead atoms. The molecule has 0 aliphatic rings. The summed E-state index contributed by atoms with van der Waals surface area (Å²) in [6.45, 7) is 17.4. The van der Waals surface area contributed by atoms with Crippen LogP contribution >= 0.6 is 0 Å². The van der Waals surface area contributed by atoms with Crippen LogP contribution in [0.5, 0.6) is 0 Å². The summed E-state index contributed by atoms with van der Waals surface area (Å²) in [5.41, 5.74) is 2.61. The molecule has 28 heavy (non-hydrogen) atoms. The molecule has 2 rings (SSSR count). The van der Waals surface area contributed by atoms with Crippen LogP contribution in [0.3, 0.4) is 0 Å². The highest BCUT2D eigenvalue weighted by atomic mass is 28.3. The average Bonchev–Trinajstić information content (AvgIpc) is 2.62. The zero-order chi connectivity index (χ0) is 21.1. The van der Waals surface area contributed by atoms with Gasteiger partial charge in [0, 0.05) is 30.0 Å². The molecular formula is C23H35N3OSi. The van der Waals surface area contributed by atoms with Gasteiger partial charge in [0.15, 0.2) is 8.07 Å². The summed E-state index contributed by atoms with van der Waals surface area (Å²) < 4.78 is 0. The average molecular weight is 398 g/mol. The van der Waals surface area contributed by atoms with Crippen LogP contribution in [-0.4, -0.2) is 40.9 Å². The first-order valence-corrected chi connectivity index (χ1v) is 12.5. The number of hydrogen-bond donors (Lipinski definition) is 0. The highest BCUT2D eigenvalue weighted by Crippen LogP contribution is 2.31. The predicted molar refractivity (Wildman–Crippen MR) is 120 cm³/mol. The molecule has 1 heterocycles.